The fraction of sp³-hybridized carbons (Fsp3) is 0.421. The minimum atomic E-state index is -0.995. The lowest BCUT2D eigenvalue weighted by Crippen LogP contribution is -2.54. The van der Waals surface area contributed by atoms with Gasteiger partial charge in [-0.25, -0.2) is 4.79 Å². The van der Waals surface area contributed by atoms with E-state index in [0.29, 0.717) is 37.0 Å². The second kappa shape index (κ2) is 7.59. The van der Waals surface area contributed by atoms with Gasteiger partial charge in [0.05, 0.1) is 7.11 Å². The molecule has 0 saturated carbocycles. The molecular weight excluding hydrogens is 336 g/mol. The Labute approximate surface area is 151 Å². The molecule has 2 N–H and O–H groups in total. The first-order valence-corrected chi connectivity index (χ1v) is 8.66. The fourth-order valence-corrected chi connectivity index (χ4v) is 3.56. The number of methoxy groups -OCH3 is 1. The maximum absolute atomic E-state index is 13.0. The van der Waals surface area contributed by atoms with Crippen molar-refractivity contribution >= 4 is 17.8 Å². The molecule has 138 valence electrons. The lowest BCUT2D eigenvalue weighted by atomic mass is 10.0. The summed E-state index contributed by atoms with van der Waals surface area (Å²) in [6, 6.07) is 4.87. The second-order valence-electron chi connectivity index (χ2n) is 6.53. The zero-order valence-corrected chi connectivity index (χ0v) is 14.6. The molecular formula is C19H22N2O5. The SMILES string of the molecule is COc1ccc(C(=O)N[C@H]2CC=CC[C@@H]3CC[C@@H](C(=O)O)N3C2=O)cc1. The Morgan fingerprint density at radius 1 is 1.15 bits per heavy atom. The number of nitrogens with one attached hydrogen (secondary N) is 1. The van der Waals surface area contributed by atoms with Crippen LogP contribution in [0.5, 0.6) is 5.75 Å². The number of hydrogen-bond acceptors (Lipinski definition) is 4. The summed E-state index contributed by atoms with van der Waals surface area (Å²) < 4.78 is 5.07. The molecule has 2 amide bonds. The first-order valence-electron chi connectivity index (χ1n) is 8.66. The van der Waals surface area contributed by atoms with Crippen molar-refractivity contribution in [1.29, 1.82) is 0 Å². The smallest absolute Gasteiger partial charge is 0.326 e. The Hall–Kier alpha value is -2.83. The molecule has 0 bridgehead atoms. The van der Waals surface area contributed by atoms with E-state index in [-0.39, 0.29) is 17.9 Å². The quantitative estimate of drug-likeness (QED) is 0.797. The number of carbonyl (C=O) groups excluding carboxylic acids is 2. The van der Waals surface area contributed by atoms with E-state index >= 15 is 0 Å². The highest BCUT2D eigenvalue weighted by Gasteiger charge is 2.43. The highest BCUT2D eigenvalue weighted by atomic mass is 16.5. The van der Waals surface area contributed by atoms with Crippen LogP contribution in [0, 0.1) is 0 Å². The number of benzene rings is 1. The first-order chi connectivity index (χ1) is 12.5. The molecule has 0 radical (unpaired) electrons. The van der Waals surface area contributed by atoms with E-state index < -0.39 is 18.1 Å². The van der Waals surface area contributed by atoms with E-state index in [1.807, 2.05) is 12.2 Å². The number of carboxylic acids is 1. The van der Waals surface area contributed by atoms with Crippen molar-refractivity contribution < 1.29 is 24.2 Å². The largest absolute Gasteiger partial charge is 0.497 e. The van der Waals surface area contributed by atoms with Crippen LogP contribution in [-0.2, 0) is 9.59 Å². The first kappa shape index (κ1) is 18.0. The van der Waals surface area contributed by atoms with Crippen molar-refractivity contribution in [2.75, 3.05) is 7.11 Å². The highest BCUT2D eigenvalue weighted by molar-refractivity contribution is 5.98. The zero-order chi connectivity index (χ0) is 18.7. The number of fused-ring (bicyclic) bond motifs is 1. The van der Waals surface area contributed by atoms with Crippen LogP contribution in [0.25, 0.3) is 0 Å². The predicted molar refractivity (Wildman–Crippen MR) is 93.9 cm³/mol. The molecule has 7 heteroatoms. The van der Waals surface area contributed by atoms with Gasteiger partial charge in [-0.3, -0.25) is 9.59 Å². The molecule has 0 aliphatic carbocycles. The number of carboxylic acid groups (broad SMARTS) is 1. The molecule has 1 aromatic rings. The molecule has 0 spiro atoms. The number of amides is 2. The fourth-order valence-electron chi connectivity index (χ4n) is 3.56. The minimum Gasteiger partial charge on any atom is -0.497 e. The average Bonchev–Trinajstić information content (AvgIpc) is 3.06. The molecule has 2 aliphatic heterocycles. The third kappa shape index (κ3) is 3.56. The van der Waals surface area contributed by atoms with Gasteiger partial charge >= 0.3 is 5.97 Å². The molecule has 1 aromatic carbocycles. The summed E-state index contributed by atoms with van der Waals surface area (Å²) in [5.41, 5.74) is 0.414. The van der Waals surface area contributed by atoms with Crippen LogP contribution in [0.3, 0.4) is 0 Å². The number of nitrogens with zero attached hydrogens (tertiary/aromatic N) is 1. The number of carbonyl (C=O) groups is 3. The Morgan fingerprint density at radius 3 is 2.50 bits per heavy atom. The molecule has 3 rings (SSSR count). The van der Waals surface area contributed by atoms with Crippen LogP contribution < -0.4 is 10.1 Å². The summed E-state index contributed by atoms with van der Waals surface area (Å²) in [7, 11) is 1.54. The van der Waals surface area contributed by atoms with E-state index in [0.717, 1.165) is 0 Å². The van der Waals surface area contributed by atoms with Crippen LogP contribution in [-0.4, -0.2) is 53.0 Å². The average molecular weight is 358 g/mol. The third-order valence-corrected chi connectivity index (χ3v) is 4.94. The lowest BCUT2D eigenvalue weighted by Gasteiger charge is -2.32. The second-order valence-corrected chi connectivity index (χ2v) is 6.53. The normalized spacial score (nSPS) is 25.2. The molecule has 0 aromatic heterocycles. The summed E-state index contributed by atoms with van der Waals surface area (Å²) in [4.78, 5) is 38.4. The summed E-state index contributed by atoms with van der Waals surface area (Å²) in [6.45, 7) is 0. The van der Waals surface area contributed by atoms with E-state index in [9.17, 15) is 19.5 Å². The van der Waals surface area contributed by atoms with Crippen molar-refractivity contribution in [3.8, 4) is 5.75 Å². The van der Waals surface area contributed by atoms with Crippen LogP contribution in [0.2, 0.25) is 0 Å². The number of hydrogen-bond donors (Lipinski definition) is 2. The van der Waals surface area contributed by atoms with Gasteiger partial charge in [0, 0.05) is 11.6 Å². The standard InChI is InChI=1S/C19H22N2O5/c1-26-14-9-6-12(7-10-14)17(22)20-15-5-3-2-4-13-8-11-16(19(24)25)21(13)18(15)23/h2-3,6-7,9-10,13,15-16H,4-5,8,11H2,1H3,(H,20,22)(H,24,25)/t13-,15+,16+/m1/s1. The predicted octanol–water partition coefficient (Wildman–Crippen LogP) is 1.59. The van der Waals surface area contributed by atoms with Gasteiger partial charge in [-0.2, -0.15) is 0 Å². The monoisotopic (exact) mass is 358 g/mol. The van der Waals surface area contributed by atoms with Crippen LogP contribution in [0.4, 0.5) is 0 Å². The molecule has 7 nitrogen and oxygen atoms in total. The van der Waals surface area contributed by atoms with Crippen LogP contribution in [0.1, 0.15) is 36.0 Å². The van der Waals surface area contributed by atoms with Crippen LogP contribution in [0.15, 0.2) is 36.4 Å². The molecule has 3 atom stereocenters. The molecule has 2 aliphatic rings. The van der Waals surface area contributed by atoms with Gasteiger partial charge in [0.1, 0.15) is 17.8 Å². The van der Waals surface area contributed by atoms with Gasteiger partial charge < -0.3 is 20.1 Å². The van der Waals surface area contributed by atoms with E-state index in [1.165, 1.54) is 4.90 Å². The van der Waals surface area contributed by atoms with E-state index in [1.54, 1.807) is 31.4 Å². The molecule has 2 heterocycles. The van der Waals surface area contributed by atoms with Gasteiger partial charge in [0.15, 0.2) is 0 Å². The number of aliphatic carboxylic acids is 1. The van der Waals surface area contributed by atoms with E-state index in [4.69, 9.17) is 4.74 Å². The minimum absolute atomic E-state index is 0.125. The van der Waals surface area contributed by atoms with Gasteiger partial charge in [-0.1, -0.05) is 12.2 Å². The Balaban J connectivity index is 1.78. The van der Waals surface area contributed by atoms with Crippen molar-refractivity contribution in [1.82, 2.24) is 10.2 Å². The zero-order valence-electron chi connectivity index (χ0n) is 14.6. The summed E-state index contributed by atoms with van der Waals surface area (Å²) in [6.07, 6.45) is 5.93. The van der Waals surface area contributed by atoms with Gasteiger partial charge in [0.25, 0.3) is 5.91 Å². The van der Waals surface area contributed by atoms with Gasteiger partial charge in [-0.15, -0.1) is 0 Å². The van der Waals surface area contributed by atoms with Crippen molar-refractivity contribution in [3.05, 3.63) is 42.0 Å². The van der Waals surface area contributed by atoms with Crippen LogP contribution >= 0.6 is 0 Å². The Morgan fingerprint density at radius 2 is 1.85 bits per heavy atom. The Kier molecular flexibility index (Phi) is 5.25. The maximum atomic E-state index is 13.0. The number of ether oxygens (including phenoxy) is 1. The summed E-state index contributed by atoms with van der Waals surface area (Å²) in [5.74, 6) is -1.06. The highest BCUT2D eigenvalue weighted by Crippen LogP contribution is 2.29. The number of rotatable bonds is 4. The summed E-state index contributed by atoms with van der Waals surface area (Å²) in [5, 5.41) is 12.2. The molecule has 1 fully saturated rings. The topological polar surface area (TPSA) is 95.9 Å². The molecule has 0 unspecified atom stereocenters. The third-order valence-electron chi connectivity index (χ3n) is 4.94. The maximum Gasteiger partial charge on any atom is 0.326 e. The molecule has 1 saturated heterocycles. The van der Waals surface area contributed by atoms with Crippen molar-refractivity contribution in [2.24, 2.45) is 0 Å². The van der Waals surface area contributed by atoms with Gasteiger partial charge in [-0.05, 0) is 49.9 Å². The molecule has 26 heavy (non-hydrogen) atoms. The lowest BCUT2D eigenvalue weighted by molar-refractivity contribution is -0.150. The van der Waals surface area contributed by atoms with Crippen molar-refractivity contribution in [3.63, 3.8) is 0 Å². The summed E-state index contributed by atoms with van der Waals surface area (Å²) >= 11 is 0. The van der Waals surface area contributed by atoms with E-state index in [2.05, 4.69) is 5.32 Å². The van der Waals surface area contributed by atoms with Crippen molar-refractivity contribution in [2.45, 2.75) is 43.8 Å². The van der Waals surface area contributed by atoms with Gasteiger partial charge in [0.2, 0.25) is 5.91 Å². The Bertz CT molecular complexity index is 728.